The zero-order chi connectivity index (χ0) is 30.9. The summed E-state index contributed by atoms with van der Waals surface area (Å²) in [5.74, 6) is -9.54. The van der Waals surface area contributed by atoms with Gasteiger partial charge in [-0.25, -0.2) is 23.4 Å². The average molecular weight is 623 g/mol. The molecule has 2 aromatic rings. The van der Waals surface area contributed by atoms with Gasteiger partial charge >= 0.3 is 18.0 Å². The molecule has 41 heavy (non-hydrogen) atoms. The fourth-order valence-electron chi connectivity index (χ4n) is 5.86. The molecular formula is C27H25Cl2F5N2O5. The van der Waals surface area contributed by atoms with Crippen molar-refractivity contribution in [3.05, 3.63) is 69.2 Å². The summed E-state index contributed by atoms with van der Waals surface area (Å²) < 4.78 is 76.0. The molecule has 0 amide bonds. The molecule has 222 valence electrons. The Hall–Kier alpha value is -2.98. The summed E-state index contributed by atoms with van der Waals surface area (Å²) >= 11 is 11.8. The number of nitriles is 1. The number of carboxylic acids is 1. The molecule has 0 radical (unpaired) electrons. The van der Waals surface area contributed by atoms with Crippen LogP contribution in [-0.4, -0.2) is 51.8 Å². The fourth-order valence-corrected chi connectivity index (χ4v) is 6.20. The number of hydrogen-bond acceptors (Lipinski definition) is 6. The number of halogens is 7. The lowest BCUT2D eigenvalue weighted by atomic mass is 9.61. The third kappa shape index (κ3) is 5.25. The number of carbonyl (C=O) groups is 2. The number of aliphatic carboxylic acids is 1. The lowest BCUT2D eigenvalue weighted by Gasteiger charge is -2.42. The van der Waals surface area contributed by atoms with Crippen LogP contribution < -0.4 is 0 Å². The third-order valence-corrected chi connectivity index (χ3v) is 8.73. The number of aliphatic hydroxyl groups is 1. The second-order valence-electron chi connectivity index (χ2n) is 9.91. The first kappa shape index (κ1) is 32.5. The quantitative estimate of drug-likeness (QED) is 0.241. The van der Waals surface area contributed by atoms with Crippen LogP contribution in [0.2, 0.25) is 10.0 Å². The Morgan fingerprint density at radius 1 is 1.17 bits per heavy atom. The van der Waals surface area contributed by atoms with Crippen LogP contribution in [0, 0.1) is 28.4 Å². The van der Waals surface area contributed by atoms with Gasteiger partial charge in [-0.2, -0.15) is 14.0 Å². The molecule has 0 unspecified atom stereocenters. The van der Waals surface area contributed by atoms with E-state index in [0.717, 1.165) is 30.3 Å². The minimum atomic E-state index is -5.07. The molecule has 3 rings (SSSR count). The Labute approximate surface area is 241 Å². The molecule has 7 nitrogen and oxygen atoms in total. The molecule has 0 aromatic heterocycles. The van der Waals surface area contributed by atoms with Gasteiger partial charge in [0.1, 0.15) is 23.1 Å². The maximum absolute atomic E-state index is 15.8. The third-order valence-electron chi connectivity index (χ3n) is 8.20. The summed E-state index contributed by atoms with van der Waals surface area (Å²) in [7, 11) is 0. The number of hydrogen-bond donors (Lipinski definition) is 2. The largest absolute Gasteiger partial charge is 0.480 e. The molecule has 0 saturated carbocycles. The van der Waals surface area contributed by atoms with Gasteiger partial charge in [-0.3, -0.25) is 4.79 Å². The van der Waals surface area contributed by atoms with Crippen molar-refractivity contribution in [2.24, 2.45) is 5.41 Å². The van der Waals surface area contributed by atoms with Gasteiger partial charge in [-0.05, 0) is 48.4 Å². The molecule has 0 spiro atoms. The monoisotopic (exact) mass is 622 g/mol. The first-order chi connectivity index (χ1) is 19.2. The molecule has 1 saturated heterocycles. The number of benzene rings is 2. The SMILES string of the molecule is CCC(CC)(CO)C[C@@H]1N(C(F)(F)C(=O)OF)[C@@H](C(=O)O)[C@H](c2cccc(Cl)c2F)[C@@]1(C#N)c1ccc(Cl)cc1F. The van der Waals surface area contributed by atoms with Crippen molar-refractivity contribution in [2.75, 3.05) is 6.61 Å². The second-order valence-corrected chi connectivity index (χ2v) is 10.8. The molecule has 14 heteroatoms. The minimum absolute atomic E-state index is 0.0992. The van der Waals surface area contributed by atoms with Crippen molar-refractivity contribution >= 4 is 35.1 Å². The van der Waals surface area contributed by atoms with E-state index in [1.807, 2.05) is 0 Å². The number of alkyl halides is 2. The van der Waals surface area contributed by atoms with Crippen LogP contribution in [0.4, 0.5) is 22.1 Å². The highest BCUT2D eigenvalue weighted by molar-refractivity contribution is 6.31. The van der Waals surface area contributed by atoms with Crippen LogP contribution in [-0.2, 0) is 19.9 Å². The van der Waals surface area contributed by atoms with E-state index < -0.39 is 87.6 Å². The lowest BCUT2D eigenvalue weighted by molar-refractivity contribution is -0.245. The first-order valence-corrected chi connectivity index (χ1v) is 13.1. The standard InChI is InChI=1S/C27H25Cl2F5N2O5/c1-3-25(4-2,13-37)11-19-26(12-35,16-9-8-14(28)10-18(16)30)20(15-6-5-7-17(29)21(15)31)22(23(38)39)36(19)27(32,33)24(40)41-34/h5-10,19-20,22,37H,3-4,11,13H2,1-2H3,(H,38,39)/t19-,20-,22+,26-/m0/s1. The Bertz CT molecular complexity index is 1360. The number of likely N-dealkylation sites (tertiary alicyclic amines) is 1. The van der Waals surface area contributed by atoms with Crippen LogP contribution in [0.5, 0.6) is 0 Å². The first-order valence-electron chi connectivity index (χ1n) is 12.4. The molecule has 2 aromatic carbocycles. The molecule has 1 fully saturated rings. The Morgan fingerprint density at radius 3 is 2.29 bits per heavy atom. The van der Waals surface area contributed by atoms with E-state index in [4.69, 9.17) is 23.2 Å². The normalized spacial score (nSPS) is 23.3. The highest BCUT2D eigenvalue weighted by atomic mass is 35.5. The van der Waals surface area contributed by atoms with Gasteiger partial charge in [0.05, 0.1) is 11.1 Å². The van der Waals surface area contributed by atoms with Crippen LogP contribution in [0.3, 0.4) is 0 Å². The van der Waals surface area contributed by atoms with Crippen molar-refractivity contribution in [2.45, 2.75) is 62.6 Å². The molecule has 2 N–H and O–H groups in total. The summed E-state index contributed by atoms with van der Waals surface area (Å²) in [5.41, 5.74) is -5.28. The number of aliphatic hydroxyl groups excluding tert-OH is 1. The van der Waals surface area contributed by atoms with Crippen molar-refractivity contribution in [1.82, 2.24) is 4.90 Å². The van der Waals surface area contributed by atoms with Gasteiger partial charge in [0, 0.05) is 33.7 Å². The van der Waals surface area contributed by atoms with Gasteiger partial charge in [0.15, 0.2) is 0 Å². The molecule has 1 aliphatic heterocycles. The zero-order valence-electron chi connectivity index (χ0n) is 21.7. The molecule has 0 bridgehead atoms. The zero-order valence-corrected chi connectivity index (χ0v) is 23.2. The maximum Gasteiger partial charge on any atom is 0.434 e. The van der Waals surface area contributed by atoms with Crippen molar-refractivity contribution < 1.29 is 46.8 Å². The summed E-state index contributed by atoms with van der Waals surface area (Å²) in [6, 6.07) is -1.99. The Balaban J connectivity index is 2.61. The van der Waals surface area contributed by atoms with Crippen molar-refractivity contribution in [3.8, 4) is 6.07 Å². The van der Waals surface area contributed by atoms with Crippen molar-refractivity contribution in [3.63, 3.8) is 0 Å². The van der Waals surface area contributed by atoms with E-state index >= 15 is 17.6 Å². The van der Waals surface area contributed by atoms with E-state index in [9.17, 15) is 29.6 Å². The Morgan fingerprint density at radius 2 is 1.80 bits per heavy atom. The smallest absolute Gasteiger partial charge is 0.434 e. The van der Waals surface area contributed by atoms with Crippen LogP contribution in [0.1, 0.15) is 50.2 Å². The molecule has 0 aliphatic carbocycles. The molecule has 1 aliphatic rings. The van der Waals surface area contributed by atoms with Gasteiger partial charge in [0.25, 0.3) is 0 Å². The van der Waals surface area contributed by atoms with Crippen molar-refractivity contribution in [1.29, 1.82) is 5.26 Å². The number of carbonyl (C=O) groups excluding carboxylic acids is 1. The minimum Gasteiger partial charge on any atom is -0.480 e. The topological polar surface area (TPSA) is 111 Å². The van der Waals surface area contributed by atoms with E-state index in [2.05, 4.69) is 4.94 Å². The lowest BCUT2D eigenvalue weighted by Crippen LogP contribution is -2.59. The molecule has 1 heterocycles. The highest BCUT2D eigenvalue weighted by Crippen LogP contribution is 2.59. The summed E-state index contributed by atoms with van der Waals surface area (Å²) in [4.78, 5) is 27.5. The fraction of sp³-hybridized carbons (Fsp3) is 0.444. The average Bonchev–Trinajstić information content (AvgIpc) is 3.23. The van der Waals surface area contributed by atoms with Gasteiger partial charge in [0.2, 0.25) is 0 Å². The summed E-state index contributed by atoms with van der Waals surface area (Å²) in [6.07, 6.45) is -0.437. The second kappa shape index (κ2) is 12.1. The number of rotatable bonds is 10. The van der Waals surface area contributed by atoms with Crippen LogP contribution in [0.25, 0.3) is 0 Å². The number of carboxylic acid groups (broad SMARTS) is 1. The molecular weight excluding hydrogens is 598 g/mol. The Kier molecular flexibility index (Phi) is 9.60. The highest BCUT2D eigenvalue weighted by Gasteiger charge is 2.72. The van der Waals surface area contributed by atoms with E-state index in [1.165, 1.54) is 6.07 Å². The van der Waals surface area contributed by atoms with Gasteiger partial charge < -0.3 is 10.2 Å². The van der Waals surface area contributed by atoms with E-state index in [0.29, 0.717) is 0 Å². The van der Waals surface area contributed by atoms with Gasteiger partial charge in [-0.15, -0.1) is 0 Å². The number of nitrogens with zero attached hydrogens (tertiary/aromatic N) is 2. The predicted molar refractivity (Wildman–Crippen MR) is 137 cm³/mol. The van der Waals surface area contributed by atoms with E-state index in [1.54, 1.807) is 19.9 Å². The maximum atomic E-state index is 15.8. The van der Waals surface area contributed by atoms with Crippen LogP contribution >= 0.6 is 23.2 Å². The van der Waals surface area contributed by atoms with E-state index in [-0.39, 0.29) is 22.8 Å². The summed E-state index contributed by atoms with van der Waals surface area (Å²) in [5, 5.41) is 30.7. The predicted octanol–water partition coefficient (Wildman–Crippen LogP) is 6.16. The van der Waals surface area contributed by atoms with Gasteiger partial charge in [-0.1, -0.05) is 55.2 Å². The molecule has 4 atom stereocenters. The summed E-state index contributed by atoms with van der Waals surface area (Å²) in [6.45, 7) is 2.53. The van der Waals surface area contributed by atoms with Crippen LogP contribution in [0.15, 0.2) is 36.4 Å².